The van der Waals surface area contributed by atoms with Gasteiger partial charge >= 0.3 is 0 Å². The zero-order valence-corrected chi connectivity index (χ0v) is 21.8. The molecule has 1 aromatic heterocycles. The van der Waals surface area contributed by atoms with Gasteiger partial charge in [-0.2, -0.15) is 0 Å². The van der Waals surface area contributed by atoms with E-state index >= 15 is 0 Å². The Kier molecular flexibility index (Phi) is 5.24. The Morgan fingerprint density at radius 3 is 2.21 bits per heavy atom. The number of pyridine rings is 1. The Morgan fingerprint density at radius 2 is 1.53 bits per heavy atom. The molecule has 0 N–H and O–H groups in total. The first kappa shape index (κ1) is 22.1. The van der Waals surface area contributed by atoms with Crippen molar-refractivity contribution in [3.05, 3.63) is 75.6 Å². The minimum atomic E-state index is 0.146. The quantitative estimate of drug-likeness (QED) is 0.275. The Balaban J connectivity index is 1.57. The number of rotatable bonds is 3. The van der Waals surface area contributed by atoms with Gasteiger partial charge in [-0.3, -0.25) is 0 Å². The van der Waals surface area contributed by atoms with Crippen LogP contribution in [0.4, 0.5) is 0 Å². The van der Waals surface area contributed by atoms with Crippen molar-refractivity contribution in [2.45, 2.75) is 96.3 Å². The van der Waals surface area contributed by atoms with Crippen LogP contribution in [-0.4, -0.2) is 0 Å². The minimum Gasteiger partial charge on any atom is -0.200 e. The van der Waals surface area contributed by atoms with Crippen molar-refractivity contribution in [2.75, 3.05) is 0 Å². The SMILES string of the molecule is Cc1c(C2=Cc3cc(C(C)(C)C)cc4cc[n+](C)c2c34)cc(C2CCCC2)cc1C1CCCC1. The molecule has 3 aromatic rings. The third-order valence-corrected chi connectivity index (χ3v) is 9.07. The molecular weight excluding hydrogens is 410 g/mol. The highest BCUT2D eigenvalue weighted by atomic mass is 14.9. The van der Waals surface area contributed by atoms with Gasteiger partial charge in [-0.05, 0) is 94.7 Å². The molecule has 3 aliphatic carbocycles. The molecule has 3 aliphatic rings. The molecule has 2 fully saturated rings. The second-order valence-corrected chi connectivity index (χ2v) is 12.4. The summed E-state index contributed by atoms with van der Waals surface area (Å²) in [7, 11) is 2.23. The number of benzene rings is 2. The van der Waals surface area contributed by atoms with Gasteiger partial charge in [-0.25, -0.2) is 4.57 Å². The van der Waals surface area contributed by atoms with Gasteiger partial charge in [0, 0.05) is 6.07 Å². The zero-order valence-electron chi connectivity index (χ0n) is 21.8. The maximum atomic E-state index is 2.63. The average molecular weight is 451 g/mol. The van der Waals surface area contributed by atoms with Crippen molar-refractivity contribution in [1.82, 2.24) is 0 Å². The Morgan fingerprint density at radius 1 is 0.853 bits per heavy atom. The summed E-state index contributed by atoms with van der Waals surface area (Å²) in [5.41, 5.74) is 12.1. The normalized spacial score (nSPS) is 18.9. The molecule has 0 amide bonds. The summed E-state index contributed by atoms with van der Waals surface area (Å²) in [6, 6.07) is 12.4. The Hall–Kier alpha value is -2.41. The summed E-state index contributed by atoms with van der Waals surface area (Å²) in [6.07, 6.45) is 15.8. The van der Waals surface area contributed by atoms with E-state index in [0.717, 1.165) is 11.8 Å². The van der Waals surface area contributed by atoms with Crippen molar-refractivity contribution < 1.29 is 4.57 Å². The maximum Gasteiger partial charge on any atom is 0.221 e. The summed E-state index contributed by atoms with van der Waals surface area (Å²) in [5.74, 6) is 1.50. The van der Waals surface area contributed by atoms with Gasteiger partial charge in [0.1, 0.15) is 7.05 Å². The number of nitrogens with zero attached hydrogens (tertiary/aromatic N) is 1. The fourth-order valence-electron chi connectivity index (χ4n) is 7.03. The molecule has 0 unspecified atom stereocenters. The fraction of sp³-hybridized carbons (Fsp3) is 0.485. The summed E-state index contributed by atoms with van der Waals surface area (Å²) in [6.45, 7) is 9.39. The van der Waals surface area contributed by atoms with E-state index in [2.05, 4.69) is 81.9 Å². The van der Waals surface area contributed by atoms with Gasteiger partial charge < -0.3 is 0 Å². The molecule has 6 rings (SSSR count). The molecule has 1 nitrogen and oxygen atoms in total. The van der Waals surface area contributed by atoms with E-state index in [-0.39, 0.29) is 5.41 Å². The molecule has 1 heterocycles. The molecule has 0 atom stereocenters. The molecule has 176 valence electrons. The Bertz CT molecular complexity index is 1300. The molecule has 2 saturated carbocycles. The molecule has 0 bridgehead atoms. The molecule has 0 saturated heterocycles. The lowest BCUT2D eigenvalue weighted by Crippen LogP contribution is -2.32. The van der Waals surface area contributed by atoms with E-state index in [1.165, 1.54) is 95.7 Å². The predicted molar refractivity (Wildman–Crippen MR) is 144 cm³/mol. The van der Waals surface area contributed by atoms with Crippen molar-refractivity contribution in [1.29, 1.82) is 0 Å². The van der Waals surface area contributed by atoms with Crippen LogP contribution in [-0.2, 0) is 12.5 Å². The molecule has 0 radical (unpaired) electrons. The van der Waals surface area contributed by atoms with Crippen molar-refractivity contribution in [3.63, 3.8) is 0 Å². The third-order valence-electron chi connectivity index (χ3n) is 9.07. The van der Waals surface area contributed by atoms with E-state index in [4.69, 9.17) is 0 Å². The monoisotopic (exact) mass is 450 g/mol. The van der Waals surface area contributed by atoms with Gasteiger partial charge in [-0.1, -0.05) is 70.7 Å². The van der Waals surface area contributed by atoms with Crippen LogP contribution in [0.5, 0.6) is 0 Å². The highest BCUT2D eigenvalue weighted by Gasteiger charge is 2.32. The third kappa shape index (κ3) is 3.55. The number of aryl methyl sites for hydroxylation is 1. The predicted octanol–water partition coefficient (Wildman–Crippen LogP) is 8.49. The molecule has 1 heteroatoms. The van der Waals surface area contributed by atoms with Crippen molar-refractivity contribution in [3.8, 4) is 0 Å². The van der Waals surface area contributed by atoms with Crippen LogP contribution in [0.2, 0.25) is 0 Å². The second kappa shape index (κ2) is 8.08. The van der Waals surface area contributed by atoms with Gasteiger partial charge in [0.2, 0.25) is 5.69 Å². The lowest BCUT2D eigenvalue weighted by atomic mass is 9.83. The summed E-state index contributed by atoms with van der Waals surface area (Å²) >= 11 is 0. The van der Waals surface area contributed by atoms with Crippen LogP contribution >= 0.6 is 0 Å². The maximum absolute atomic E-state index is 2.63. The first-order valence-corrected chi connectivity index (χ1v) is 13.6. The molecule has 34 heavy (non-hydrogen) atoms. The molecule has 0 spiro atoms. The topological polar surface area (TPSA) is 3.88 Å². The molecule has 0 aliphatic heterocycles. The number of hydrogen-bond acceptors (Lipinski definition) is 0. The van der Waals surface area contributed by atoms with E-state index < -0.39 is 0 Å². The standard InChI is InChI=1S/C33H40N/c1-21-28(23-12-8-9-13-23)18-25(22-10-6-7-11-22)19-29(21)30-20-26-17-27(33(2,3)4)16-24-14-15-34(5)32(30)31(24)26/h14-20,22-23H,6-13H2,1-5H3/q+1. The lowest BCUT2D eigenvalue weighted by Gasteiger charge is -2.21. The van der Waals surface area contributed by atoms with E-state index in [1.807, 2.05) is 0 Å². The summed E-state index contributed by atoms with van der Waals surface area (Å²) < 4.78 is 2.36. The van der Waals surface area contributed by atoms with Gasteiger partial charge in [0.15, 0.2) is 6.20 Å². The van der Waals surface area contributed by atoms with Crippen LogP contribution in [0, 0.1) is 6.92 Å². The van der Waals surface area contributed by atoms with Crippen molar-refractivity contribution >= 4 is 22.4 Å². The highest BCUT2D eigenvalue weighted by molar-refractivity contribution is 6.11. The summed E-state index contributed by atoms with van der Waals surface area (Å²) in [5, 5.41) is 2.81. The van der Waals surface area contributed by atoms with Crippen LogP contribution < -0.4 is 4.57 Å². The van der Waals surface area contributed by atoms with Crippen LogP contribution in [0.15, 0.2) is 36.5 Å². The lowest BCUT2D eigenvalue weighted by molar-refractivity contribution is -0.672. The average Bonchev–Trinajstić information content (AvgIpc) is 3.57. The van der Waals surface area contributed by atoms with Crippen LogP contribution in [0.3, 0.4) is 0 Å². The van der Waals surface area contributed by atoms with E-state index in [1.54, 1.807) is 11.1 Å². The van der Waals surface area contributed by atoms with Gasteiger partial charge in [0.25, 0.3) is 0 Å². The highest BCUT2D eigenvalue weighted by Crippen LogP contribution is 2.46. The van der Waals surface area contributed by atoms with E-state index in [0.29, 0.717) is 0 Å². The van der Waals surface area contributed by atoms with Gasteiger partial charge in [-0.15, -0.1) is 0 Å². The van der Waals surface area contributed by atoms with Gasteiger partial charge in [0.05, 0.1) is 11.0 Å². The minimum absolute atomic E-state index is 0.146. The number of aromatic nitrogens is 1. The zero-order chi connectivity index (χ0) is 23.6. The first-order valence-electron chi connectivity index (χ1n) is 13.6. The second-order valence-electron chi connectivity index (χ2n) is 12.4. The molecular formula is C33H40N+. The van der Waals surface area contributed by atoms with E-state index in [9.17, 15) is 0 Å². The van der Waals surface area contributed by atoms with Crippen LogP contribution in [0.25, 0.3) is 22.4 Å². The first-order chi connectivity index (χ1) is 16.3. The molecule has 2 aromatic carbocycles. The summed E-state index contributed by atoms with van der Waals surface area (Å²) in [4.78, 5) is 0. The largest absolute Gasteiger partial charge is 0.221 e. The van der Waals surface area contributed by atoms with Crippen molar-refractivity contribution in [2.24, 2.45) is 7.05 Å². The smallest absolute Gasteiger partial charge is 0.200 e. The number of hydrogen-bond donors (Lipinski definition) is 0. The van der Waals surface area contributed by atoms with Crippen LogP contribution in [0.1, 0.15) is 123 Å². The Labute approximate surface area is 205 Å². The fourth-order valence-corrected chi connectivity index (χ4v) is 7.03.